The molecule has 0 saturated carbocycles. The standard InChI is InChI=1S/C20H21N5O2/c21-13-15-3-5-16(6-4-15)19(26)25-11-12-27-18(14-25)17-7-8-22-20(23-17)24-9-1-2-10-24/h3-8,18H,1-2,9-12,14H2/t18-/m1/s1. The number of carbonyl (C=O) groups is 1. The fourth-order valence-electron chi connectivity index (χ4n) is 3.49. The molecule has 0 radical (unpaired) electrons. The van der Waals surface area contributed by atoms with Gasteiger partial charge in [-0.15, -0.1) is 0 Å². The van der Waals surface area contributed by atoms with Crippen molar-refractivity contribution in [1.82, 2.24) is 14.9 Å². The van der Waals surface area contributed by atoms with Crippen molar-refractivity contribution in [3.8, 4) is 6.07 Å². The fourth-order valence-corrected chi connectivity index (χ4v) is 3.49. The van der Waals surface area contributed by atoms with Gasteiger partial charge in [0.05, 0.1) is 30.5 Å². The number of rotatable bonds is 3. The molecule has 0 spiro atoms. The number of morpholine rings is 1. The van der Waals surface area contributed by atoms with Crippen LogP contribution < -0.4 is 4.90 Å². The molecule has 2 saturated heterocycles. The first-order valence-electron chi connectivity index (χ1n) is 9.23. The lowest BCUT2D eigenvalue weighted by molar-refractivity contribution is -0.0247. The van der Waals surface area contributed by atoms with E-state index in [1.807, 2.05) is 6.07 Å². The molecule has 2 fully saturated rings. The van der Waals surface area contributed by atoms with E-state index in [9.17, 15) is 4.79 Å². The van der Waals surface area contributed by atoms with Gasteiger partial charge < -0.3 is 14.5 Å². The third kappa shape index (κ3) is 3.76. The molecule has 0 bridgehead atoms. The van der Waals surface area contributed by atoms with Crippen molar-refractivity contribution in [3.63, 3.8) is 0 Å². The van der Waals surface area contributed by atoms with Gasteiger partial charge in [-0.1, -0.05) is 0 Å². The molecule has 0 aliphatic carbocycles. The SMILES string of the molecule is N#Cc1ccc(C(=O)N2CCO[C@@H](c3ccnc(N4CCCC4)n3)C2)cc1. The molecule has 138 valence electrons. The summed E-state index contributed by atoms with van der Waals surface area (Å²) in [6.45, 7) is 3.43. The van der Waals surface area contributed by atoms with E-state index < -0.39 is 0 Å². The number of hydrogen-bond acceptors (Lipinski definition) is 6. The molecule has 1 aromatic carbocycles. The van der Waals surface area contributed by atoms with Crippen LogP contribution in [0.3, 0.4) is 0 Å². The topological polar surface area (TPSA) is 82.3 Å². The first kappa shape index (κ1) is 17.4. The Kier molecular flexibility index (Phi) is 4.99. The summed E-state index contributed by atoms with van der Waals surface area (Å²) in [6.07, 6.45) is 3.84. The van der Waals surface area contributed by atoms with Gasteiger partial charge in [0.2, 0.25) is 5.95 Å². The highest BCUT2D eigenvalue weighted by molar-refractivity contribution is 5.94. The summed E-state index contributed by atoms with van der Waals surface area (Å²) in [7, 11) is 0. The number of nitrogens with zero attached hydrogens (tertiary/aromatic N) is 5. The highest BCUT2D eigenvalue weighted by atomic mass is 16.5. The minimum atomic E-state index is -0.259. The molecule has 2 aliphatic rings. The van der Waals surface area contributed by atoms with E-state index >= 15 is 0 Å². The number of amides is 1. The molecule has 7 nitrogen and oxygen atoms in total. The molecule has 1 atom stereocenters. The molecule has 27 heavy (non-hydrogen) atoms. The van der Waals surface area contributed by atoms with Gasteiger partial charge in [0.15, 0.2) is 0 Å². The molecule has 2 aliphatic heterocycles. The van der Waals surface area contributed by atoms with E-state index in [0.717, 1.165) is 24.7 Å². The minimum Gasteiger partial charge on any atom is -0.368 e. The van der Waals surface area contributed by atoms with Gasteiger partial charge in [0, 0.05) is 31.4 Å². The van der Waals surface area contributed by atoms with Crippen molar-refractivity contribution in [3.05, 3.63) is 53.3 Å². The zero-order valence-corrected chi connectivity index (χ0v) is 15.0. The van der Waals surface area contributed by atoms with Crippen LogP contribution in [-0.4, -0.2) is 53.6 Å². The predicted molar refractivity (Wildman–Crippen MR) is 99.2 cm³/mol. The third-order valence-electron chi connectivity index (χ3n) is 5.00. The van der Waals surface area contributed by atoms with E-state index in [1.54, 1.807) is 35.4 Å². The van der Waals surface area contributed by atoms with Gasteiger partial charge in [-0.2, -0.15) is 5.26 Å². The van der Waals surface area contributed by atoms with Crippen LogP contribution in [-0.2, 0) is 4.74 Å². The highest BCUT2D eigenvalue weighted by Gasteiger charge is 2.28. The average Bonchev–Trinajstić information content (AvgIpc) is 3.28. The summed E-state index contributed by atoms with van der Waals surface area (Å²) in [6, 6.07) is 10.6. The van der Waals surface area contributed by atoms with Crippen LogP contribution in [0.5, 0.6) is 0 Å². The maximum absolute atomic E-state index is 12.8. The molecule has 1 aromatic heterocycles. The molecule has 3 heterocycles. The van der Waals surface area contributed by atoms with Crippen molar-refractivity contribution in [2.45, 2.75) is 18.9 Å². The Hall–Kier alpha value is -2.98. The highest BCUT2D eigenvalue weighted by Crippen LogP contribution is 2.24. The summed E-state index contributed by atoms with van der Waals surface area (Å²) in [5.41, 5.74) is 1.93. The Labute approximate surface area is 158 Å². The van der Waals surface area contributed by atoms with Crippen LogP contribution >= 0.6 is 0 Å². The normalized spacial score (nSPS) is 19.7. The number of benzene rings is 1. The van der Waals surface area contributed by atoms with Gasteiger partial charge in [-0.25, -0.2) is 9.97 Å². The summed E-state index contributed by atoms with van der Waals surface area (Å²) in [4.78, 5) is 25.8. The third-order valence-corrected chi connectivity index (χ3v) is 5.00. The minimum absolute atomic E-state index is 0.0541. The van der Waals surface area contributed by atoms with Crippen molar-refractivity contribution < 1.29 is 9.53 Å². The smallest absolute Gasteiger partial charge is 0.254 e. The van der Waals surface area contributed by atoms with Gasteiger partial charge in [-0.05, 0) is 43.2 Å². The average molecular weight is 363 g/mol. The van der Waals surface area contributed by atoms with Gasteiger partial charge in [0.25, 0.3) is 5.91 Å². The van der Waals surface area contributed by atoms with E-state index in [-0.39, 0.29) is 12.0 Å². The first-order chi connectivity index (χ1) is 13.2. The quantitative estimate of drug-likeness (QED) is 0.831. The Bertz CT molecular complexity index is 855. The zero-order valence-electron chi connectivity index (χ0n) is 15.0. The van der Waals surface area contributed by atoms with Crippen LogP contribution in [0.4, 0.5) is 5.95 Å². The Morgan fingerprint density at radius 3 is 2.67 bits per heavy atom. The van der Waals surface area contributed by atoms with Crippen molar-refractivity contribution in [2.24, 2.45) is 0 Å². The molecular formula is C20H21N5O2. The largest absolute Gasteiger partial charge is 0.368 e. The van der Waals surface area contributed by atoms with Crippen LogP contribution in [0.15, 0.2) is 36.5 Å². The van der Waals surface area contributed by atoms with Crippen molar-refractivity contribution >= 4 is 11.9 Å². The maximum Gasteiger partial charge on any atom is 0.254 e. The number of carbonyl (C=O) groups excluding carboxylic acids is 1. The molecule has 1 amide bonds. The summed E-state index contributed by atoms with van der Waals surface area (Å²) < 4.78 is 5.89. The van der Waals surface area contributed by atoms with Crippen LogP contribution in [0.25, 0.3) is 0 Å². The van der Waals surface area contributed by atoms with Gasteiger partial charge >= 0.3 is 0 Å². The number of ether oxygens (including phenoxy) is 1. The Balaban J connectivity index is 1.48. The van der Waals surface area contributed by atoms with Crippen LogP contribution in [0.2, 0.25) is 0 Å². The molecule has 0 unspecified atom stereocenters. The molecule has 2 aromatic rings. The summed E-state index contributed by atoms with van der Waals surface area (Å²) >= 11 is 0. The number of nitriles is 1. The lowest BCUT2D eigenvalue weighted by atomic mass is 10.1. The van der Waals surface area contributed by atoms with E-state index in [1.165, 1.54) is 12.8 Å². The second-order valence-electron chi connectivity index (χ2n) is 6.78. The van der Waals surface area contributed by atoms with Crippen molar-refractivity contribution in [2.75, 3.05) is 37.7 Å². The van der Waals surface area contributed by atoms with Crippen LogP contribution in [0, 0.1) is 11.3 Å². The number of aromatic nitrogens is 2. The van der Waals surface area contributed by atoms with E-state index in [2.05, 4.69) is 20.9 Å². The molecule has 7 heteroatoms. The number of anilines is 1. The lowest BCUT2D eigenvalue weighted by Crippen LogP contribution is -2.42. The monoisotopic (exact) mass is 363 g/mol. The summed E-state index contributed by atoms with van der Waals surface area (Å²) in [5.74, 6) is 0.686. The second kappa shape index (κ2) is 7.72. The molecule has 4 rings (SSSR count). The Morgan fingerprint density at radius 2 is 1.93 bits per heavy atom. The zero-order chi connectivity index (χ0) is 18.6. The Morgan fingerprint density at radius 1 is 1.15 bits per heavy atom. The van der Waals surface area contributed by atoms with Gasteiger partial charge in [-0.3, -0.25) is 4.79 Å². The van der Waals surface area contributed by atoms with Crippen LogP contribution in [0.1, 0.15) is 40.6 Å². The van der Waals surface area contributed by atoms with Gasteiger partial charge in [0.1, 0.15) is 6.10 Å². The van der Waals surface area contributed by atoms with E-state index in [0.29, 0.717) is 30.8 Å². The van der Waals surface area contributed by atoms with E-state index in [4.69, 9.17) is 10.00 Å². The molecular weight excluding hydrogens is 342 g/mol. The van der Waals surface area contributed by atoms with Crippen molar-refractivity contribution in [1.29, 1.82) is 5.26 Å². The maximum atomic E-state index is 12.8. The molecule has 0 N–H and O–H groups in total. The second-order valence-corrected chi connectivity index (χ2v) is 6.78. The lowest BCUT2D eigenvalue weighted by Gasteiger charge is -2.33. The predicted octanol–water partition coefficient (Wildman–Crippen LogP) is 2.16. The number of hydrogen-bond donors (Lipinski definition) is 0. The first-order valence-corrected chi connectivity index (χ1v) is 9.23. The summed E-state index contributed by atoms with van der Waals surface area (Å²) in [5, 5.41) is 8.90. The fraction of sp³-hybridized carbons (Fsp3) is 0.400.